The summed E-state index contributed by atoms with van der Waals surface area (Å²) in [5, 5.41) is 3.54. The standard InChI is InChI=1S/C20H30N6/c1-16-6-5-12-25-14-17(23-19(16)25)7-9-22-20(21-2)26-13-8-18(15-26)24-10-3-4-11-24/h5-6,12,14,18H,3-4,7-11,13,15H2,1-2H3,(H,21,22). The lowest BCUT2D eigenvalue weighted by molar-refractivity contribution is 0.249. The maximum atomic E-state index is 4.76. The first-order chi connectivity index (χ1) is 12.7. The molecule has 0 saturated carbocycles. The molecule has 0 aromatic carbocycles. The summed E-state index contributed by atoms with van der Waals surface area (Å²) in [6, 6.07) is 4.88. The number of hydrogen-bond donors (Lipinski definition) is 1. The van der Waals surface area contributed by atoms with Crippen LogP contribution in [-0.2, 0) is 6.42 Å². The molecule has 140 valence electrons. The molecular formula is C20H30N6. The van der Waals surface area contributed by atoms with Gasteiger partial charge in [0.2, 0.25) is 0 Å². The summed E-state index contributed by atoms with van der Waals surface area (Å²) in [4.78, 5) is 14.3. The minimum absolute atomic E-state index is 0.706. The van der Waals surface area contributed by atoms with Crippen molar-refractivity contribution in [2.24, 2.45) is 4.99 Å². The fraction of sp³-hybridized carbons (Fsp3) is 0.600. The van der Waals surface area contributed by atoms with Crippen molar-refractivity contribution < 1.29 is 0 Å². The highest BCUT2D eigenvalue weighted by Gasteiger charge is 2.30. The minimum atomic E-state index is 0.706. The summed E-state index contributed by atoms with van der Waals surface area (Å²) in [6.07, 6.45) is 9.08. The predicted molar refractivity (Wildman–Crippen MR) is 106 cm³/mol. The first-order valence-electron chi connectivity index (χ1n) is 9.87. The molecule has 2 fully saturated rings. The summed E-state index contributed by atoms with van der Waals surface area (Å²) in [6.45, 7) is 7.73. The Morgan fingerprint density at radius 2 is 2.15 bits per heavy atom. The third-order valence-corrected chi connectivity index (χ3v) is 5.72. The number of pyridine rings is 1. The predicted octanol–water partition coefficient (Wildman–Crippen LogP) is 1.93. The van der Waals surface area contributed by atoms with Crippen LogP contribution in [0.2, 0.25) is 0 Å². The largest absolute Gasteiger partial charge is 0.356 e. The van der Waals surface area contributed by atoms with Crippen LogP contribution in [0.4, 0.5) is 0 Å². The number of fused-ring (bicyclic) bond motifs is 1. The van der Waals surface area contributed by atoms with Crippen LogP contribution in [0.1, 0.15) is 30.5 Å². The number of hydrogen-bond acceptors (Lipinski definition) is 3. The number of nitrogens with one attached hydrogen (secondary N) is 1. The van der Waals surface area contributed by atoms with Crippen molar-refractivity contribution in [3.05, 3.63) is 35.8 Å². The van der Waals surface area contributed by atoms with Gasteiger partial charge in [0.1, 0.15) is 5.65 Å². The van der Waals surface area contributed by atoms with Crippen molar-refractivity contribution in [2.75, 3.05) is 39.8 Å². The van der Waals surface area contributed by atoms with E-state index in [4.69, 9.17) is 4.98 Å². The van der Waals surface area contributed by atoms with E-state index in [0.717, 1.165) is 43.4 Å². The number of rotatable bonds is 4. The van der Waals surface area contributed by atoms with Crippen LogP contribution in [0.3, 0.4) is 0 Å². The molecule has 6 heteroatoms. The lowest BCUT2D eigenvalue weighted by Crippen LogP contribution is -2.43. The van der Waals surface area contributed by atoms with Gasteiger partial charge in [-0.2, -0.15) is 0 Å². The van der Waals surface area contributed by atoms with E-state index < -0.39 is 0 Å². The summed E-state index contributed by atoms with van der Waals surface area (Å²) >= 11 is 0. The van der Waals surface area contributed by atoms with Crippen LogP contribution in [0.15, 0.2) is 29.5 Å². The van der Waals surface area contributed by atoms with Gasteiger partial charge in [-0.25, -0.2) is 4.98 Å². The molecule has 0 spiro atoms. The zero-order chi connectivity index (χ0) is 17.9. The monoisotopic (exact) mass is 354 g/mol. The van der Waals surface area contributed by atoms with Gasteiger partial charge in [0.15, 0.2) is 5.96 Å². The molecule has 1 unspecified atom stereocenters. The number of nitrogens with zero attached hydrogens (tertiary/aromatic N) is 5. The molecule has 0 bridgehead atoms. The van der Waals surface area contributed by atoms with Gasteiger partial charge in [-0.3, -0.25) is 9.89 Å². The van der Waals surface area contributed by atoms with Crippen molar-refractivity contribution in [2.45, 2.75) is 38.6 Å². The third kappa shape index (κ3) is 3.56. The Bertz CT molecular complexity index is 774. The number of aryl methyl sites for hydroxylation is 1. The maximum Gasteiger partial charge on any atom is 0.193 e. The molecule has 2 aliphatic heterocycles. The van der Waals surface area contributed by atoms with E-state index in [1.165, 1.54) is 37.9 Å². The van der Waals surface area contributed by atoms with Crippen molar-refractivity contribution in [3.8, 4) is 0 Å². The highest BCUT2D eigenvalue weighted by atomic mass is 15.3. The van der Waals surface area contributed by atoms with Crippen LogP contribution in [0, 0.1) is 6.92 Å². The highest BCUT2D eigenvalue weighted by molar-refractivity contribution is 5.80. The van der Waals surface area contributed by atoms with Gasteiger partial charge < -0.3 is 14.6 Å². The van der Waals surface area contributed by atoms with Gasteiger partial charge in [0.05, 0.1) is 5.69 Å². The molecule has 4 rings (SSSR count). The quantitative estimate of drug-likeness (QED) is 0.673. The Balaban J connectivity index is 1.30. The van der Waals surface area contributed by atoms with Gasteiger partial charge >= 0.3 is 0 Å². The molecule has 1 N–H and O–H groups in total. The fourth-order valence-electron chi connectivity index (χ4n) is 4.30. The van der Waals surface area contributed by atoms with Gasteiger partial charge in [-0.15, -0.1) is 0 Å². The molecule has 2 aromatic heterocycles. The van der Waals surface area contributed by atoms with Crippen molar-refractivity contribution in [1.82, 2.24) is 24.5 Å². The van der Waals surface area contributed by atoms with Gasteiger partial charge in [-0.05, 0) is 50.9 Å². The third-order valence-electron chi connectivity index (χ3n) is 5.72. The van der Waals surface area contributed by atoms with Crippen molar-refractivity contribution in [3.63, 3.8) is 0 Å². The van der Waals surface area contributed by atoms with Crippen molar-refractivity contribution in [1.29, 1.82) is 0 Å². The van der Waals surface area contributed by atoms with E-state index in [1.807, 2.05) is 7.05 Å². The molecule has 26 heavy (non-hydrogen) atoms. The highest BCUT2D eigenvalue weighted by Crippen LogP contribution is 2.20. The van der Waals surface area contributed by atoms with Crippen LogP contribution >= 0.6 is 0 Å². The molecule has 4 heterocycles. The average Bonchev–Trinajstić information content (AvgIpc) is 3.38. The maximum absolute atomic E-state index is 4.76. The Kier molecular flexibility index (Phi) is 5.11. The molecule has 2 aliphatic rings. The summed E-state index contributed by atoms with van der Waals surface area (Å²) in [5.41, 5.74) is 3.39. The van der Waals surface area contributed by atoms with Crippen LogP contribution < -0.4 is 5.32 Å². The normalized spacial score (nSPS) is 21.8. The number of likely N-dealkylation sites (tertiary alicyclic amines) is 2. The van der Waals surface area contributed by atoms with Crippen molar-refractivity contribution >= 4 is 11.6 Å². The van der Waals surface area contributed by atoms with Crippen LogP contribution in [0.5, 0.6) is 0 Å². The van der Waals surface area contributed by atoms with E-state index in [-0.39, 0.29) is 0 Å². The summed E-state index contributed by atoms with van der Waals surface area (Å²) < 4.78 is 2.11. The number of aromatic nitrogens is 2. The van der Waals surface area contributed by atoms with Crippen LogP contribution in [-0.4, -0.2) is 71.0 Å². The first-order valence-corrected chi connectivity index (χ1v) is 9.87. The smallest absolute Gasteiger partial charge is 0.193 e. The molecule has 6 nitrogen and oxygen atoms in total. The first kappa shape index (κ1) is 17.3. The molecule has 0 aliphatic carbocycles. The molecule has 2 saturated heterocycles. The zero-order valence-corrected chi connectivity index (χ0v) is 16.0. The van der Waals surface area contributed by atoms with E-state index >= 15 is 0 Å². The summed E-state index contributed by atoms with van der Waals surface area (Å²) in [7, 11) is 1.89. The van der Waals surface area contributed by atoms with E-state index in [2.05, 4.69) is 56.0 Å². The Morgan fingerprint density at radius 3 is 2.92 bits per heavy atom. The molecule has 2 aromatic rings. The molecule has 0 radical (unpaired) electrons. The fourth-order valence-corrected chi connectivity index (χ4v) is 4.30. The van der Waals surface area contributed by atoms with Gasteiger partial charge in [-0.1, -0.05) is 6.07 Å². The molecule has 1 atom stereocenters. The minimum Gasteiger partial charge on any atom is -0.356 e. The Hall–Kier alpha value is -2.08. The van der Waals surface area contributed by atoms with Crippen LogP contribution in [0.25, 0.3) is 5.65 Å². The lowest BCUT2D eigenvalue weighted by atomic mass is 10.2. The van der Waals surface area contributed by atoms with E-state index in [1.54, 1.807) is 0 Å². The molecular weight excluding hydrogens is 324 g/mol. The Morgan fingerprint density at radius 1 is 1.31 bits per heavy atom. The van der Waals surface area contributed by atoms with E-state index in [9.17, 15) is 0 Å². The zero-order valence-electron chi connectivity index (χ0n) is 16.0. The SMILES string of the molecule is CN=C(NCCc1cn2cccc(C)c2n1)N1CCC(N2CCCC2)C1. The van der Waals surface area contributed by atoms with Gasteiger partial charge in [0, 0.05) is 51.5 Å². The average molecular weight is 355 g/mol. The second-order valence-corrected chi connectivity index (χ2v) is 7.51. The second kappa shape index (κ2) is 7.66. The number of imidazole rings is 1. The Labute approximate surface area is 155 Å². The molecule has 0 amide bonds. The topological polar surface area (TPSA) is 48.2 Å². The summed E-state index contributed by atoms with van der Waals surface area (Å²) in [5.74, 6) is 1.03. The number of guanidine groups is 1. The van der Waals surface area contributed by atoms with E-state index in [0.29, 0.717) is 6.04 Å². The van der Waals surface area contributed by atoms with Gasteiger partial charge in [0.25, 0.3) is 0 Å². The number of aliphatic imine (C=N–C) groups is 1. The second-order valence-electron chi connectivity index (χ2n) is 7.51. The lowest BCUT2D eigenvalue weighted by Gasteiger charge is -2.25.